The molecule has 5 nitrogen and oxygen atoms in total. The van der Waals surface area contributed by atoms with Gasteiger partial charge in [-0.1, -0.05) is 6.92 Å². The monoisotopic (exact) mass is 399 g/mol. The summed E-state index contributed by atoms with van der Waals surface area (Å²) >= 11 is 1.26. The number of aryl methyl sites for hydroxylation is 3. The second-order valence-corrected chi connectivity index (χ2v) is 8.31. The standard InChI is InChI=1S/C21H22FN3O2S/c1-4-9-24-11-23-19-17(20(24)26)13(3)18(28-19)21(27)25-12(2)5-6-14-10-15(22)7-8-16(14)25/h7-8,10-12H,4-6,9H2,1-3H3. The molecule has 146 valence electrons. The van der Waals surface area contributed by atoms with E-state index in [2.05, 4.69) is 4.98 Å². The zero-order chi connectivity index (χ0) is 20.0. The minimum Gasteiger partial charge on any atom is -0.305 e. The summed E-state index contributed by atoms with van der Waals surface area (Å²) in [6.45, 7) is 6.41. The number of hydrogen-bond acceptors (Lipinski definition) is 4. The van der Waals surface area contributed by atoms with Gasteiger partial charge in [0, 0.05) is 18.3 Å². The average Bonchev–Trinajstić information content (AvgIpc) is 3.01. The summed E-state index contributed by atoms with van der Waals surface area (Å²) in [6, 6.07) is 4.57. The van der Waals surface area contributed by atoms with Crippen molar-refractivity contribution in [1.82, 2.24) is 9.55 Å². The fourth-order valence-electron chi connectivity index (χ4n) is 3.90. The Morgan fingerprint density at radius 1 is 1.39 bits per heavy atom. The van der Waals surface area contributed by atoms with Crippen LogP contribution in [0.1, 0.15) is 47.5 Å². The number of hydrogen-bond donors (Lipinski definition) is 0. The highest BCUT2D eigenvalue weighted by Crippen LogP contribution is 2.35. The lowest BCUT2D eigenvalue weighted by atomic mass is 9.96. The van der Waals surface area contributed by atoms with Crippen molar-refractivity contribution in [3.8, 4) is 0 Å². The largest absolute Gasteiger partial charge is 0.305 e. The molecule has 0 saturated carbocycles. The van der Waals surface area contributed by atoms with Crippen molar-refractivity contribution in [2.24, 2.45) is 0 Å². The van der Waals surface area contributed by atoms with Gasteiger partial charge in [-0.25, -0.2) is 9.37 Å². The van der Waals surface area contributed by atoms with Crippen molar-refractivity contribution in [3.05, 3.63) is 56.7 Å². The van der Waals surface area contributed by atoms with Crippen molar-refractivity contribution >= 4 is 33.1 Å². The molecule has 2 aromatic heterocycles. The zero-order valence-electron chi connectivity index (χ0n) is 16.2. The van der Waals surface area contributed by atoms with E-state index in [-0.39, 0.29) is 23.3 Å². The lowest BCUT2D eigenvalue weighted by Gasteiger charge is -2.35. The second kappa shape index (κ2) is 7.13. The van der Waals surface area contributed by atoms with Gasteiger partial charge in [0.05, 0.1) is 16.6 Å². The molecule has 3 aromatic rings. The molecule has 0 spiro atoms. The van der Waals surface area contributed by atoms with E-state index in [9.17, 15) is 14.0 Å². The number of anilines is 1. The lowest BCUT2D eigenvalue weighted by molar-refractivity contribution is 0.0978. The molecule has 0 bridgehead atoms. The van der Waals surface area contributed by atoms with Gasteiger partial charge in [-0.3, -0.25) is 14.2 Å². The lowest BCUT2D eigenvalue weighted by Crippen LogP contribution is -2.42. The van der Waals surface area contributed by atoms with Crippen LogP contribution in [0.15, 0.2) is 29.3 Å². The van der Waals surface area contributed by atoms with E-state index in [1.54, 1.807) is 21.9 Å². The smallest absolute Gasteiger partial charge is 0.268 e. The fraction of sp³-hybridized carbons (Fsp3) is 0.381. The Bertz CT molecular complexity index is 1130. The van der Waals surface area contributed by atoms with E-state index in [0.29, 0.717) is 27.2 Å². The normalized spacial score (nSPS) is 16.4. The van der Waals surface area contributed by atoms with Crippen molar-refractivity contribution in [3.63, 3.8) is 0 Å². The van der Waals surface area contributed by atoms with Gasteiger partial charge in [0.15, 0.2) is 0 Å². The summed E-state index contributed by atoms with van der Waals surface area (Å²) in [7, 11) is 0. The minimum absolute atomic E-state index is 0.000202. The number of amides is 1. The van der Waals surface area contributed by atoms with Gasteiger partial charge in [-0.05, 0) is 62.4 Å². The number of nitrogens with zero attached hydrogens (tertiary/aromatic N) is 3. The minimum atomic E-state index is -0.292. The Morgan fingerprint density at radius 3 is 2.93 bits per heavy atom. The summed E-state index contributed by atoms with van der Waals surface area (Å²) in [4.78, 5) is 33.5. The first-order valence-corrected chi connectivity index (χ1v) is 10.3. The summed E-state index contributed by atoms with van der Waals surface area (Å²) in [6.07, 6.45) is 3.90. The van der Waals surface area contributed by atoms with Gasteiger partial charge in [0.2, 0.25) is 0 Å². The van der Waals surface area contributed by atoms with E-state index >= 15 is 0 Å². The van der Waals surface area contributed by atoms with E-state index in [1.165, 1.54) is 23.5 Å². The van der Waals surface area contributed by atoms with Gasteiger partial charge < -0.3 is 4.90 Å². The second-order valence-electron chi connectivity index (χ2n) is 7.32. The van der Waals surface area contributed by atoms with Gasteiger partial charge >= 0.3 is 0 Å². The number of thiophene rings is 1. The van der Waals surface area contributed by atoms with Crippen LogP contribution >= 0.6 is 11.3 Å². The van der Waals surface area contributed by atoms with Crippen molar-refractivity contribution < 1.29 is 9.18 Å². The molecule has 1 aliphatic rings. The molecule has 0 aliphatic carbocycles. The molecule has 0 radical (unpaired) electrons. The van der Waals surface area contributed by atoms with Gasteiger partial charge in [0.1, 0.15) is 10.6 Å². The molecule has 0 fully saturated rings. The quantitative estimate of drug-likeness (QED) is 0.660. The van der Waals surface area contributed by atoms with Crippen molar-refractivity contribution in [1.29, 1.82) is 0 Å². The molecule has 7 heteroatoms. The molecule has 1 aliphatic heterocycles. The molecule has 1 atom stereocenters. The van der Waals surface area contributed by atoms with Gasteiger partial charge in [-0.2, -0.15) is 0 Å². The predicted molar refractivity (Wildman–Crippen MR) is 110 cm³/mol. The maximum atomic E-state index is 13.6. The third-order valence-electron chi connectivity index (χ3n) is 5.37. The first-order valence-electron chi connectivity index (χ1n) is 9.53. The number of halogens is 1. The van der Waals surface area contributed by atoms with E-state index in [0.717, 1.165) is 30.5 Å². The molecule has 0 N–H and O–H groups in total. The Morgan fingerprint density at radius 2 is 2.18 bits per heavy atom. The predicted octanol–water partition coefficient (Wildman–Crippen LogP) is 4.30. The Kier molecular flexibility index (Phi) is 4.79. The molecule has 28 heavy (non-hydrogen) atoms. The van der Waals surface area contributed by atoms with Crippen LogP contribution in [0.4, 0.5) is 10.1 Å². The average molecular weight is 399 g/mol. The number of carbonyl (C=O) groups is 1. The molecule has 1 aromatic carbocycles. The van der Waals surface area contributed by atoms with Crippen LogP contribution in [-0.2, 0) is 13.0 Å². The van der Waals surface area contributed by atoms with Crippen molar-refractivity contribution in [2.45, 2.75) is 52.6 Å². The number of benzene rings is 1. The molecule has 3 heterocycles. The Labute approximate surface area is 166 Å². The molecule has 1 unspecified atom stereocenters. The molecule has 4 rings (SSSR count). The highest BCUT2D eigenvalue weighted by Gasteiger charge is 2.32. The summed E-state index contributed by atoms with van der Waals surface area (Å²) in [5.41, 5.74) is 2.16. The number of fused-ring (bicyclic) bond motifs is 2. The maximum absolute atomic E-state index is 13.6. The molecular formula is C21H22FN3O2S. The first kappa shape index (κ1) is 18.8. The summed E-state index contributed by atoms with van der Waals surface area (Å²) in [5, 5.41) is 0.522. The number of aromatic nitrogens is 2. The summed E-state index contributed by atoms with van der Waals surface area (Å²) in [5.74, 6) is -0.443. The van der Waals surface area contributed by atoms with Gasteiger partial charge in [0.25, 0.3) is 11.5 Å². The molecule has 0 saturated heterocycles. The number of rotatable bonds is 3. The van der Waals surface area contributed by atoms with Crippen LogP contribution in [0, 0.1) is 12.7 Å². The highest BCUT2D eigenvalue weighted by atomic mass is 32.1. The third-order valence-corrected chi connectivity index (χ3v) is 6.56. The highest BCUT2D eigenvalue weighted by molar-refractivity contribution is 7.20. The molecule has 1 amide bonds. The fourth-order valence-corrected chi connectivity index (χ4v) is 4.98. The third kappa shape index (κ3) is 2.94. The van der Waals surface area contributed by atoms with Gasteiger partial charge in [-0.15, -0.1) is 11.3 Å². The Hall–Kier alpha value is -2.54. The molecular weight excluding hydrogens is 377 g/mol. The first-order chi connectivity index (χ1) is 13.4. The Balaban J connectivity index is 1.83. The van der Waals surface area contributed by atoms with Crippen LogP contribution in [-0.4, -0.2) is 21.5 Å². The summed E-state index contributed by atoms with van der Waals surface area (Å²) < 4.78 is 15.2. The van der Waals surface area contributed by atoms with Crippen LogP contribution in [0.5, 0.6) is 0 Å². The van der Waals surface area contributed by atoms with E-state index < -0.39 is 0 Å². The number of carbonyl (C=O) groups excluding carboxylic acids is 1. The topological polar surface area (TPSA) is 55.2 Å². The zero-order valence-corrected chi connectivity index (χ0v) is 17.0. The van der Waals surface area contributed by atoms with Crippen LogP contribution < -0.4 is 10.5 Å². The van der Waals surface area contributed by atoms with E-state index in [4.69, 9.17) is 0 Å². The van der Waals surface area contributed by atoms with E-state index in [1.807, 2.05) is 20.8 Å². The maximum Gasteiger partial charge on any atom is 0.268 e. The van der Waals surface area contributed by atoms with Crippen LogP contribution in [0.3, 0.4) is 0 Å². The van der Waals surface area contributed by atoms with Crippen molar-refractivity contribution in [2.75, 3.05) is 4.90 Å². The van der Waals surface area contributed by atoms with Crippen LogP contribution in [0.25, 0.3) is 10.2 Å². The SMILES string of the molecule is CCCn1cnc2sc(C(=O)N3c4ccc(F)cc4CCC3C)c(C)c2c1=O. The van der Waals surface area contributed by atoms with Crippen LogP contribution in [0.2, 0.25) is 0 Å².